The quantitative estimate of drug-likeness (QED) is 0.528. The zero-order chi connectivity index (χ0) is 14.7. The second-order valence-corrected chi connectivity index (χ2v) is 4.57. The van der Waals surface area contributed by atoms with Crippen LogP contribution in [0.1, 0.15) is 0 Å². The maximum Gasteiger partial charge on any atom is 0.277 e. The molecule has 0 saturated heterocycles. The molecule has 0 fully saturated rings. The molecule has 0 aliphatic heterocycles. The van der Waals surface area contributed by atoms with Crippen molar-refractivity contribution in [2.75, 3.05) is 0 Å². The van der Waals surface area contributed by atoms with Gasteiger partial charge in [-0.3, -0.25) is 15.1 Å². The molecule has 0 N–H and O–H groups in total. The Bertz CT molecular complexity index is 768. The Morgan fingerprint density at radius 2 is 1.48 bits per heavy atom. The first-order valence-corrected chi connectivity index (χ1v) is 6.51. The Labute approximate surface area is 121 Å². The Morgan fingerprint density at radius 3 is 2.14 bits per heavy atom. The summed E-state index contributed by atoms with van der Waals surface area (Å²) in [5.74, 6) is 0. The van der Waals surface area contributed by atoms with Gasteiger partial charge >= 0.3 is 0 Å². The molecule has 0 atom stereocenters. The van der Waals surface area contributed by atoms with Crippen molar-refractivity contribution in [1.29, 1.82) is 0 Å². The summed E-state index contributed by atoms with van der Waals surface area (Å²) in [6, 6.07) is 20.1. The van der Waals surface area contributed by atoms with Gasteiger partial charge in [-0.1, -0.05) is 42.5 Å². The maximum absolute atomic E-state index is 11.1. The highest BCUT2D eigenvalue weighted by molar-refractivity contribution is 5.75. The number of para-hydroxylation sites is 1. The highest BCUT2D eigenvalue weighted by Gasteiger charge is 2.13. The van der Waals surface area contributed by atoms with Gasteiger partial charge in [-0.25, -0.2) is 0 Å². The average molecular weight is 276 g/mol. The van der Waals surface area contributed by atoms with Gasteiger partial charge < -0.3 is 0 Å². The summed E-state index contributed by atoms with van der Waals surface area (Å²) >= 11 is 0. The molecule has 4 nitrogen and oxygen atoms in total. The third kappa shape index (κ3) is 2.65. The minimum Gasteiger partial charge on any atom is -0.258 e. The van der Waals surface area contributed by atoms with Crippen LogP contribution in [0.2, 0.25) is 0 Å². The number of nitrogens with zero attached hydrogens (tertiary/aromatic N) is 2. The van der Waals surface area contributed by atoms with Crippen LogP contribution in [-0.2, 0) is 0 Å². The van der Waals surface area contributed by atoms with E-state index in [-0.39, 0.29) is 10.6 Å². The molecule has 102 valence electrons. The lowest BCUT2D eigenvalue weighted by Crippen LogP contribution is -1.91. The van der Waals surface area contributed by atoms with Crippen LogP contribution in [-0.4, -0.2) is 9.91 Å². The molecule has 3 rings (SSSR count). The summed E-state index contributed by atoms with van der Waals surface area (Å²) in [5.41, 5.74) is 3.42. The average Bonchev–Trinajstić information content (AvgIpc) is 2.56. The maximum atomic E-state index is 11.1. The monoisotopic (exact) mass is 276 g/mol. The molecule has 0 radical (unpaired) electrons. The largest absolute Gasteiger partial charge is 0.277 e. The van der Waals surface area contributed by atoms with Gasteiger partial charge in [0.15, 0.2) is 0 Å². The fraction of sp³-hybridized carbons (Fsp3) is 0. The van der Waals surface area contributed by atoms with Crippen LogP contribution in [0.4, 0.5) is 5.69 Å². The first-order chi connectivity index (χ1) is 10.3. The van der Waals surface area contributed by atoms with Gasteiger partial charge in [-0.15, -0.1) is 0 Å². The standard InChI is InChI=1S/C17H12N2O2/c20-19(21)17-7-2-1-5-15(17)13-8-10-14(11-9-13)16-6-3-4-12-18-16/h1-12H. The lowest BCUT2D eigenvalue weighted by Gasteiger charge is -2.05. The Balaban J connectivity index is 2.01. The molecule has 0 aliphatic rings. The third-order valence-corrected chi connectivity index (χ3v) is 3.26. The van der Waals surface area contributed by atoms with E-state index in [2.05, 4.69) is 4.98 Å². The van der Waals surface area contributed by atoms with Crippen LogP contribution in [0.15, 0.2) is 72.9 Å². The molecule has 0 saturated carbocycles. The molecule has 2 aromatic carbocycles. The van der Waals surface area contributed by atoms with Crippen LogP contribution in [0.3, 0.4) is 0 Å². The van der Waals surface area contributed by atoms with E-state index >= 15 is 0 Å². The molecular weight excluding hydrogens is 264 g/mol. The molecule has 1 aromatic heterocycles. The summed E-state index contributed by atoms with van der Waals surface area (Å²) in [6.45, 7) is 0. The molecule has 0 spiro atoms. The fourth-order valence-electron chi connectivity index (χ4n) is 2.23. The van der Waals surface area contributed by atoms with Crippen molar-refractivity contribution >= 4 is 5.69 Å². The molecule has 4 heteroatoms. The summed E-state index contributed by atoms with van der Waals surface area (Å²) in [6.07, 6.45) is 1.74. The van der Waals surface area contributed by atoms with Crippen LogP contribution < -0.4 is 0 Å². The number of nitro groups is 1. The lowest BCUT2D eigenvalue weighted by atomic mass is 10.0. The number of pyridine rings is 1. The summed E-state index contributed by atoms with van der Waals surface area (Å²) in [5, 5.41) is 11.1. The zero-order valence-electron chi connectivity index (χ0n) is 11.1. The van der Waals surface area contributed by atoms with E-state index in [0.717, 1.165) is 16.8 Å². The van der Waals surface area contributed by atoms with E-state index in [9.17, 15) is 10.1 Å². The van der Waals surface area contributed by atoms with Crippen LogP contribution in [0.5, 0.6) is 0 Å². The van der Waals surface area contributed by atoms with Crippen LogP contribution in [0.25, 0.3) is 22.4 Å². The van der Waals surface area contributed by atoms with E-state index in [1.54, 1.807) is 24.4 Å². The number of benzene rings is 2. The predicted molar refractivity (Wildman–Crippen MR) is 81.8 cm³/mol. The fourth-order valence-corrected chi connectivity index (χ4v) is 2.23. The van der Waals surface area contributed by atoms with Crippen molar-refractivity contribution in [1.82, 2.24) is 4.98 Å². The van der Waals surface area contributed by atoms with Gasteiger partial charge in [-0.05, 0) is 23.8 Å². The molecular formula is C17H12N2O2. The molecule has 0 amide bonds. The minimum absolute atomic E-state index is 0.114. The highest BCUT2D eigenvalue weighted by Crippen LogP contribution is 2.30. The van der Waals surface area contributed by atoms with Gasteiger partial charge in [0.25, 0.3) is 5.69 Å². The van der Waals surface area contributed by atoms with E-state index in [0.29, 0.717) is 5.56 Å². The molecule has 0 bridgehead atoms. The molecule has 0 aliphatic carbocycles. The summed E-state index contributed by atoms with van der Waals surface area (Å²) in [7, 11) is 0. The van der Waals surface area contributed by atoms with Gasteiger partial charge in [0.1, 0.15) is 0 Å². The molecule has 21 heavy (non-hydrogen) atoms. The Morgan fingerprint density at radius 1 is 0.810 bits per heavy atom. The summed E-state index contributed by atoms with van der Waals surface area (Å²) < 4.78 is 0. The molecule has 1 heterocycles. The van der Waals surface area contributed by atoms with Gasteiger partial charge in [0, 0.05) is 17.8 Å². The highest BCUT2D eigenvalue weighted by atomic mass is 16.6. The molecule has 3 aromatic rings. The van der Waals surface area contributed by atoms with Crippen molar-refractivity contribution < 1.29 is 4.92 Å². The van der Waals surface area contributed by atoms with E-state index in [1.165, 1.54) is 6.07 Å². The van der Waals surface area contributed by atoms with E-state index < -0.39 is 0 Å². The van der Waals surface area contributed by atoms with Crippen molar-refractivity contribution in [3.8, 4) is 22.4 Å². The minimum atomic E-state index is -0.359. The lowest BCUT2D eigenvalue weighted by molar-refractivity contribution is -0.384. The van der Waals surface area contributed by atoms with Gasteiger partial charge in [0.2, 0.25) is 0 Å². The SMILES string of the molecule is O=[N+]([O-])c1ccccc1-c1ccc(-c2ccccn2)cc1. The van der Waals surface area contributed by atoms with Crippen molar-refractivity contribution in [2.24, 2.45) is 0 Å². The predicted octanol–water partition coefficient (Wildman–Crippen LogP) is 4.32. The Hall–Kier alpha value is -3.01. The number of nitro benzene ring substituents is 1. The smallest absolute Gasteiger partial charge is 0.258 e. The zero-order valence-corrected chi connectivity index (χ0v) is 11.1. The second-order valence-electron chi connectivity index (χ2n) is 4.57. The second kappa shape index (κ2) is 5.54. The van der Waals surface area contributed by atoms with E-state index in [1.807, 2.05) is 42.5 Å². The van der Waals surface area contributed by atoms with Crippen LogP contribution >= 0.6 is 0 Å². The Kier molecular flexibility index (Phi) is 3.43. The third-order valence-electron chi connectivity index (χ3n) is 3.26. The topological polar surface area (TPSA) is 56.0 Å². The number of aromatic nitrogens is 1. The van der Waals surface area contributed by atoms with Crippen molar-refractivity contribution in [2.45, 2.75) is 0 Å². The van der Waals surface area contributed by atoms with Gasteiger partial charge in [-0.2, -0.15) is 0 Å². The van der Waals surface area contributed by atoms with E-state index in [4.69, 9.17) is 0 Å². The normalized spacial score (nSPS) is 10.3. The number of hydrogen-bond acceptors (Lipinski definition) is 3. The first kappa shape index (κ1) is 13.0. The van der Waals surface area contributed by atoms with Crippen molar-refractivity contribution in [3.63, 3.8) is 0 Å². The summed E-state index contributed by atoms with van der Waals surface area (Å²) in [4.78, 5) is 15.0. The number of rotatable bonds is 3. The van der Waals surface area contributed by atoms with Crippen LogP contribution in [0, 0.1) is 10.1 Å². The first-order valence-electron chi connectivity index (χ1n) is 6.51. The van der Waals surface area contributed by atoms with Crippen molar-refractivity contribution in [3.05, 3.63) is 83.0 Å². The van der Waals surface area contributed by atoms with Gasteiger partial charge in [0.05, 0.1) is 16.2 Å². The number of hydrogen-bond donors (Lipinski definition) is 0. The molecule has 0 unspecified atom stereocenters.